The molecule has 0 radical (unpaired) electrons. The number of rotatable bonds is 12. The first-order valence-electron chi connectivity index (χ1n) is 8.99. The van der Waals surface area contributed by atoms with E-state index in [1.165, 1.54) is 4.90 Å². The van der Waals surface area contributed by atoms with Crippen molar-refractivity contribution >= 4 is 24.5 Å². The summed E-state index contributed by atoms with van der Waals surface area (Å²) in [5.41, 5.74) is -0.552. The number of amides is 1. The molecule has 0 aliphatic heterocycles. The Balaban J connectivity index is 4.94. The molecule has 24 heavy (non-hydrogen) atoms. The molecule has 0 aromatic heterocycles. The Morgan fingerprint density at radius 3 is 2.17 bits per heavy atom. The molecule has 0 bridgehead atoms. The number of hydrogen-bond donors (Lipinski definition) is 3. The van der Waals surface area contributed by atoms with Gasteiger partial charge < -0.3 is 15.1 Å². The Morgan fingerprint density at radius 2 is 1.71 bits per heavy atom. The van der Waals surface area contributed by atoms with E-state index in [-0.39, 0.29) is 5.91 Å². The molecule has 0 aliphatic carbocycles. The van der Waals surface area contributed by atoms with Crippen molar-refractivity contribution in [2.45, 2.75) is 96.7 Å². The molecule has 5 nitrogen and oxygen atoms in total. The van der Waals surface area contributed by atoms with Crippen molar-refractivity contribution in [1.82, 2.24) is 4.90 Å². The van der Waals surface area contributed by atoms with Crippen LogP contribution >= 0.6 is 12.6 Å². The van der Waals surface area contributed by atoms with Crippen LogP contribution in [0.5, 0.6) is 0 Å². The minimum atomic E-state index is -0.975. The second-order valence-electron chi connectivity index (χ2n) is 7.34. The summed E-state index contributed by atoms with van der Waals surface area (Å²) >= 11 is 4.14. The van der Waals surface area contributed by atoms with Crippen LogP contribution in [0, 0.1) is 0 Å². The fraction of sp³-hybridized carbons (Fsp3) is 0.889. The minimum absolute atomic E-state index is 0.120. The summed E-state index contributed by atoms with van der Waals surface area (Å²) in [6.45, 7) is 7.61. The van der Waals surface area contributed by atoms with Crippen molar-refractivity contribution in [3.8, 4) is 0 Å². The molecule has 2 N–H and O–H groups in total. The van der Waals surface area contributed by atoms with Gasteiger partial charge >= 0.3 is 5.97 Å². The lowest BCUT2D eigenvalue weighted by Gasteiger charge is -2.40. The number of carboxylic acid groups (broad SMARTS) is 1. The number of carbonyl (C=O) groups excluding carboxylic acids is 1. The van der Waals surface area contributed by atoms with E-state index in [9.17, 15) is 19.8 Å². The van der Waals surface area contributed by atoms with Gasteiger partial charge in [0.25, 0.3) is 0 Å². The number of aliphatic hydroxyl groups is 1. The molecule has 142 valence electrons. The molecule has 0 unspecified atom stereocenters. The maximum absolute atomic E-state index is 12.6. The van der Waals surface area contributed by atoms with E-state index in [1.54, 1.807) is 0 Å². The van der Waals surface area contributed by atoms with Gasteiger partial charge in [0.15, 0.2) is 0 Å². The smallest absolute Gasteiger partial charge is 0.326 e. The van der Waals surface area contributed by atoms with Crippen molar-refractivity contribution < 1.29 is 19.8 Å². The normalized spacial score (nSPS) is 14.2. The molecular weight excluding hydrogens is 326 g/mol. The second-order valence-corrected chi connectivity index (χ2v) is 7.79. The van der Waals surface area contributed by atoms with Crippen LogP contribution in [0.15, 0.2) is 0 Å². The highest BCUT2D eigenvalue weighted by Gasteiger charge is 2.36. The summed E-state index contributed by atoms with van der Waals surface area (Å²) in [6, 6.07) is -0.845. The highest BCUT2D eigenvalue weighted by atomic mass is 32.1. The van der Waals surface area contributed by atoms with E-state index in [1.807, 2.05) is 27.7 Å². The SMILES string of the molecule is CCC[C@H](O)CCC[C@@H](C(=O)O)N(C(=O)CCCCS)C(C)(C)C. The fourth-order valence-corrected chi connectivity index (χ4v) is 3.13. The van der Waals surface area contributed by atoms with E-state index in [0.29, 0.717) is 25.7 Å². The van der Waals surface area contributed by atoms with E-state index >= 15 is 0 Å². The number of nitrogens with zero attached hydrogens (tertiary/aromatic N) is 1. The van der Waals surface area contributed by atoms with Gasteiger partial charge in [-0.15, -0.1) is 0 Å². The third-order valence-electron chi connectivity index (χ3n) is 4.02. The van der Waals surface area contributed by atoms with Gasteiger partial charge in [0.2, 0.25) is 5.91 Å². The Labute approximate surface area is 152 Å². The van der Waals surface area contributed by atoms with Crippen molar-refractivity contribution in [3.63, 3.8) is 0 Å². The first-order chi connectivity index (χ1) is 11.1. The zero-order valence-electron chi connectivity index (χ0n) is 15.6. The predicted octanol–water partition coefficient (Wildman–Crippen LogP) is 3.50. The topological polar surface area (TPSA) is 77.8 Å². The summed E-state index contributed by atoms with van der Waals surface area (Å²) in [6.07, 6.45) is 4.68. The summed E-state index contributed by atoms with van der Waals surface area (Å²) in [5.74, 6) is -0.372. The zero-order chi connectivity index (χ0) is 18.8. The van der Waals surface area contributed by atoms with Crippen LogP contribution in [-0.4, -0.2) is 50.4 Å². The van der Waals surface area contributed by atoms with Gasteiger partial charge in [-0.2, -0.15) is 12.6 Å². The lowest BCUT2D eigenvalue weighted by Crippen LogP contribution is -2.54. The Morgan fingerprint density at radius 1 is 1.08 bits per heavy atom. The quantitative estimate of drug-likeness (QED) is 0.367. The number of carboxylic acids is 1. The first-order valence-corrected chi connectivity index (χ1v) is 9.62. The van der Waals surface area contributed by atoms with E-state index in [0.717, 1.165) is 31.4 Å². The number of aliphatic hydroxyl groups excluding tert-OH is 1. The molecule has 0 fully saturated rings. The summed E-state index contributed by atoms with van der Waals surface area (Å²) in [7, 11) is 0. The van der Waals surface area contributed by atoms with E-state index < -0.39 is 23.7 Å². The minimum Gasteiger partial charge on any atom is -0.480 e. The third-order valence-corrected chi connectivity index (χ3v) is 4.34. The Hall–Kier alpha value is -0.750. The summed E-state index contributed by atoms with van der Waals surface area (Å²) in [4.78, 5) is 25.9. The lowest BCUT2D eigenvalue weighted by molar-refractivity contribution is -0.155. The van der Waals surface area contributed by atoms with Crippen molar-refractivity contribution in [2.75, 3.05) is 5.75 Å². The Bertz CT molecular complexity index is 382. The van der Waals surface area contributed by atoms with Crippen LogP contribution in [0.25, 0.3) is 0 Å². The van der Waals surface area contributed by atoms with E-state index in [2.05, 4.69) is 12.6 Å². The molecule has 0 aromatic carbocycles. The molecule has 0 aromatic rings. The van der Waals surface area contributed by atoms with Crippen LogP contribution in [0.2, 0.25) is 0 Å². The molecule has 0 spiro atoms. The second kappa shape index (κ2) is 11.7. The zero-order valence-corrected chi connectivity index (χ0v) is 16.5. The van der Waals surface area contributed by atoms with Gasteiger partial charge in [-0.25, -0.2) is 4.79 Å². The van der Waals surface area contributed by atoms with Crippen LogP contribution in [0.3, 0.4) is 0 Å². The first kappa shape index (κ1) is 23.2. The number of aliphatic carboxylic acids is 1. The number of thiol groups is 1. The van der Waals surface area contributed by atoms with Crippen molar-refractivity contribution in [1.29, 1.82) is 0 Å². The molecule has 0 saturated heterocycles. The third kappa shape index (κ3) is 8.92. The largest absolute Gasteiger partial charge is 0.480 e. The molecule has 1 amide bonds. The highest BCUT2D eigenvalue weighted by Crippen LogP contribution is 2.23. The predicted molar refractivity (Wildman–Crippen MR) is 100 cm³/mol. The van der Waals surface area contributed by atoms with Crippen LogP contribution in [0.1, 0.15) is 79.1 Å². The van der Waals surface area contributed by atoms with E-state index in [4.69, 9.17) is 0 Å². The number of hydrogen-bond acceptors (Lipinski definition) is 4. The molecule has 0 heterocycles. The molecule has 0 aliphatic rings. The van der Waals surface area contributed by atoms with Crippen LogP contribution in [0.4, 0.5) is 0 Å². The van der Waals surface area contributed by atoms with Crippen molar-refractivity contribution in [2.24, 2.45) is 0 Å². The molecule has 0 saturated carbocycles. The van der Waals surface area contributed by atoms with Gasteiger partial charge in [-0.3, -0.25) is 4.79 Å². The average molecular weight is 362 g/mol. The maximum atomic E-state index is 12.6. The standard InChI is InChI=1S/C18H35NO4S/c1-5-9-14(20)10-8-11-15(17(22)23)19(18(2,3)4)16(21)12-6-7-13-24/h14-15,20,24H,5-13H2,1-4H3,(H,22,23)/t14-,15-/m0/s1. The van der Waals surface area contributed by atoms with Gasteiger partial charge in [0.1, 0.15) is 6.04 Å². The summed E-state index contributed by atoms with van der Waals surface area (Å²) < 4.78 is 0. The average Bonchev–Trinajstić information content (AvgIpc) is 2.45. The van der Waals surface area contributed by atoms with Crippen LogP contribution < -0.4 is 0 Å². The summed E-state index contributed by atoms with van der Waals surface area (Å²) in [5, 5.41) is 19.4. The molecular formula is C18H35NO4S. The Kier molecular flexibility index (Phi) is 11.4. The van der Waals surface area contributed by atoms with Gasteiger partial charge in [0.05, 0.1) is 6.10 Å². The van der Waals surface area contributed by atoms with Gasteiger partial charge in [-0.05, 0) is 65.0 Å². The van der Waals surface area contributed by atoms with Gasteiger partial charge in [-0.1, -0.05) is 13.3 Å². The molecule has 2 atom stereocenters. The monoisotopic (exact) mass is 361 g/mol. The van der Waals surface area contributed by atoms with Crippen LogP contribution in [-0.2, 0) is 9.59 Å². The molecule has 6 heteroatoms. The van der Waals surface area contributed by atoms with Crippen molar-refractivity contribution in [3.05, 3.63) is 0 Å². The molecule has 0 rings (SSSR count). The lowest BCUT2D eigenvalue weighted by atomic mass is 9.97. The number of unbranched alkanes of at least 4 members (excludes halogenated alkanes) is 1. The van der Waals surface area contributed by atoms with Gasteiger partial charge in [0, 0.05) is 12.0 Å². The number of carbonyl (C=O) groups is 2. The maximum Gasteiger partial charge on any atom is 0.326 e. The fourth-order valence-electron chi connectivity index (χ4n) is 2.91. The highest BCUT2D eigenvalue weighted by molar-refractivity contribution is 7.80.